The fourth-order valence-corrected chi connectivity index (χ4v) is 2.13. The zero-order chi connectivity index (χ0) is 15.7. The van der Waals surface area contributed by atoms with Crippen molar-refractivity contribution in [2.24, 2.45) is 0 Å². The van der Waals surface area contributed by atoms with Gasteiger partial charge in [0.05, 0.1) is 18.6 Å². The molecular weight excluding hydrogens is 312 g/mol. The van der Waals surface area contributed by atoms with Gasteiger partial charge in [-0.3, -0.25) is 0 Å². The van der Waals surface area contributed by atoms with Crippen LogP contribution in [0.25, 0.3) is 5.65 Å². The van der Waals surface area contributed by atoms with Gasteiger partial charge in [-0.1, -0.05) is 11.6 Å². The maximum absolute atomic E-state index is 10.9. The van der Waals surface area contributed by atoms with Crippen LogP contribution in [0.1, 0.15) is 0 Å². The number of aromatic nitrogens is 4. The summed E-state index contributed by atoms with van der Waals surface area (Å²) in [6, 6.07) is 1.74. The number of fused-ring (bicyclic) bond motifs is 1. The van der Waals surface area contributed by atoms with Crippen LogP contribution in [0.5, 0.6) is 11.5 Å². The quantitative estimate of drug-likeness (QED) is 0.581. The average molecular weight is 321 g/mol. The molecule has 0 aromatic carbocycles. The van der Waals surface area contributed by atoms with Crippen molar-refractivity contribution in [3.8, 4) is 11.5 Å². The summed E-state index contributed by atoms with van der Waals surface area (Å²) in [6.45, 7) is 0. The molecule has 0 aliphatic heterocycles. The van der Waals surface area contributed by atoms with Crippen LogP contribution in [0, 0.1) is 10.1 Å². The van der Waals surface area contributed by atoms with E-state index in [1.54, 1.807) is 18.5 Å². The molecule has 10 heteroatoms. The molecule has 0 amide bonds. The van der Waals surface area contributed by atoms with Gasteiger partial charge >= 0.3 is 5.82 Å². The van der Waals surface area contributed by atoms with E-state index in [1.807, 2.05) is 0 Å². The Labute approximate surface area is 128 Å². The van der Waals surface area contributed by atoms with E-state index in [2.05, 4.69) is 20.4 Å². The molecule has 0 aliphatic rings. The van der Waals surface area contributed by atoms with Gasteiger partial charge < -0.3 is 20.2 Å². The van der Waals surface area contributed by atoms with Gasteiger partial charge in [0, 0.05) is 13.1 Å². The van der Waals surface area contributed by atoms with Crippen molar-refractivity contribution in [3.63, 3.8) is 0 Å². The highest BCUT2D eigenvalue weighted by Crippen LogP contribution is 2.38. The lowest BCUT2D eigenvalue weighted by Crippen LogP contribution is -2.01. The first kappa shape index (κ1) is 14.0. The number of nitrogens with one attached hydrogen (secondary N) is 1. The first-order valence-corrected chi connectivity index (χ1v) is 6.46. The van der Waals surface area contributed by atoms with Crippen LogP contribution in [0.2, 0.25) is 5.02 Å². The standard InChI is InChI=1S/C12H9ClN6O3/c1-14-11-10(13)8(5-16-12(11)19(20)21)22-7-4-15-9-2-3-17-18(9)6-7/h2-6,14H,1H3. The van der Waals surface area contributed by atoms with Gasteiger partial charge in [-0.15, -0.1) is 0 Å². The summed E-state index contributed by atoms with van der Waals surface area (Å²) in [7, 11) is 1.51. The first-order valence-electron chi connectivity index (χ1n) is 6.08. The molecule has 0 radical (unpaired) electrons. The van der Waals surface area contributed by atoms with E-state index in [4.69, 9.17) is 16.3 Å². The predicted octanol–water partition coefficient (Wildman–Crippen LogP) is 2.52. The number of hydrogen-bond donors (Lipinski definition) is 1. The SMILES string of the molecule is CNc1c([N+](=O)[O-])ncc(Oc2cnc3ccnn3c2)c1Cl. The van der Waals surface area contributed by atoms with Crippen molar-refractivity contribution in [2.45, 2.75) is 0 Å². The lowest BCUT2D eigenvalue weighted by Gasteiger charge is -2.09. The molecule has 0 saturated carbocycles. The minimum absolute atomic E-state index is 0.0600. The minimum Gasteiger partial charge on any atom is -0.448 e. The van der Waals surface area contributed by atoms with Crippen molar-refractivity contribution in [3.05, 3.63) is 46.0 Å². The fraction of sp³-hybridized carbons (Fsp3) is 0.0833. The molecule has 3 aromatic rings. The fourth-order valence-electron chi connectivity index (χ4n) is 1.87. The summed E-state index contributed by atoms with van der Waals surface area (Å²) in [6.07, 6.45) is 5.90. The Hall–Kier alpha value is -2.94. The Morgan fingerprint density at radius 3 is 2.95 bits per heavy atom. The second-order valence-corrected chi connectivity index (χ2v) is 4.55. The topological polar surface area (TPSA) is 107 Å². The van der Waals surface area contributed by atoms with Crippen molar-refractivity contribution >= 4 is 28.8 Å². The van der Waals surface area contributed by atoms with Crippen LogP contribution in [0.4, 0.5) is 11.5 Å². The van der Waals surface area contributed by atoms with Crippen LogP contribution in [0.3, 0.4) is 0 Å². The van der Waals surface area contributed by atoms with Crippen LogP contribution in [0.15, 0.2) is 30.9 Å². The van der Waals surface area contributed by atoms with Gasteiger partial charge in [0.25, 0.3) is 0 Å². The van der Waals surface area contributed by atoms with Gasteiger partial charge in [-0.25, -0.2) is 9.50 Å². The second-order valence-electron chi connectivity index (χ2n) is 4.17. The Morgan fingerprint density at radius 2 is 2.23 bits per heavy atom. The molecule has 0 aliphatic carbocycles. The molecule has 0 unspecified atom stereocenters. The summed E-state index contributed by atoms with van der Waals surface area (Å²) in [5.41, 5.74) is 0.744. The third kappa shape index (κ3) is 2.37. The van der Waals surface area contributed by atoms with Crippen LogP contribution in [-0.4, -0.2) is 31.6 Å². The number of anilines is 1. The molecule has 0 atom stereocenters. The zero-order valence-corrected chi connectivity index (χ0v) is 12.0. The number of rotatable bonds is 4. The van der Waals surface area contributed by atoms with E-state index >= 15 is 0 Å². The van der Waals surface area contributed by atoms with Crippen LogP contribution in [-0.2, 0) is 0 Å². The van der Waals surface area contributed by atoms with Crippen molar-refractivity contribution in [1.29, 1.82) is 0 Å². The smallest absolute Gasteiger partial charge is 0.388 e. The molecule has 1 N–H and O–H groups in total. The molecule has 0 bridgehead atoms. The first-order chi connectivity index (χ1) is 10.6. The van der Waals surface area contributed by atoms with Gasteiger partial charge in [-0.2, -0.15) is 5.10 Å². The average Bonchev–Trinajstić information content (AvgIpc) is 2.96. The van der Waals surface area contributed by atoms with Crippen molar-refractivity contribution in [1.82, 2.24) is 19.6 Å². The van der Waals surface area contributed by atoms with Gasteiger partial charge in [0.2, 0.25) is 0 Å². The summed E-state index contributed by atoms with van der Waals surface area (Å²) in [4.78, 5) is 18.2. The minimum atomic E-state index is -0.626. The highest BCUT2D eigenvalue weighted by molar-refractivity contribution is 6.35. The number of ether oxygens (including phenoxy) is 1. The summed E-state index contributed by atoms with van der Waals surface area (Å²) in [5.74, 6) is 0.168. The van der Waals surface area contributed by atoms with Crippen LogP contribution >= 0.6 is 11.6 Å². The Morgan fingerprint density at radius 1 is 1.41 bits per heavy atom. The van der Waals surface area contributed by atoms with Gasteiger partial charge in [-0.05, 0) is 9.91 Å². The predicted molar refractivity (Wildman–Crippen MR) is 78.5 cm³/mol. The normalized spacial score (nSPS) is 10.6. The van der Waals surface area contributed by atoms with E-state index in [9.17, 15) is 10.1 Å². The molecule has 112 valence electrons. The summed E-state index contributed by atoms with van der Waals surface area (Å²) in [5, 5.41) is 17.6. The van der Waals surface area contributed by atoms with Crippen molar-refractivity contribution < 1.29 is 9.66 Å². The third-order valence-electron chi connectivity index (χ3n) is 2.84. The van der Waals surface area contributed by atoms with E-state index in [1.165, 1.54) is 24.0 Å². The Bertz CT molecular complexity index is 865. The molecule has 0 fully saturated rings. The molecule has 0 saturated heterocycles. The third-order valence-corrected chi connectivity index (χ3v) is 3.21. The number of nitrogens with zero attached hydrogens (tertiary/aromatic N) is 5. The molecule has 0 spiro atoms. The molecule has 3 rings (SSSR count). The lowest BCUT2D eigenvalue weighted by molar-refractivity contribution is -0.388. The Kier molecular flexibility index (Phi) is 3.47. The summed E-state index contributed by atoms with van der Waals surface area (Å²) >= 11 is 6.13. The molecule has 22 heavy (non-hydrogen) atoms. The zero-order valence-electron chi connectivity index (χ0n) is 11.2. The summed E-state index contributed by atoms with van der Waals surface area (Å²) < 4.78 is 7.11. The number of hydrogen-bond acceptors (Lipinski definition) is 7. The molecule has 3 aromatic heterocycles. The number of halogens is 1. The molecular formula is C12H9ClN6O3. The van der Waals surface area contributed by atoms with E-state index < -0.39 is 4.92 Å². The van der Waals surface area contributed by atoms with E-state index in [0.29, 0.717) is 11.4 Å². The van der Waals surface area contributed by atoms with Crippen LogP contribution < -0.4 is 10.1 Å². The number of pyridine rings is 1. The highest BCUT2D eigenvalue weighted by Gasteiger charge is 2.22. The van der Waals surface area contributed by atoms with E-state index in [-0.39, 0.29) is 22.3 Å². The highest BCUT2D eigenvalue weighted by atomic mass is 35.5. The number of nitro groups is 1. The lowest BCUT2D eigenvalue weighted by atomic mass is 10.3. The molecule has 9 nitrogen and oxygen atoms in total. The molecule has 3 heterocycles. The maximum Gasteiger partial charge on any atom is 0.388 e. The van der Waals surface area contributed by atoms with E-state index in [0.717, 1.165) is 0 Å². The monoisotopic (exact) mass is 320 g/mol. The maximum atomic E-state index is 10.9. The van der Waals surface area contributed by atoms with Gasteiger partial charge in [0.1, 0.15) is 5.02 Å². The largest absolute Gasteiger partial charge is 0.448 e. The van der Waals surface area contributed by atoms with Gasteiger partial charge in [0.15, 0.2) is 29.0 Å². The Balaban J connectivity index is 1.99. The van der Waals surface area contributed by atoms with Crippen molar-refractivity contribution in [2.75, 3.05) is 12.4 Å². The second kappa shape index (κ2) is 5.45.